The van der Waals surface area contributed by atoms with Crippen LogP contribution in [-0.4, -0.2) is 45.5 Å². The molecule has 1 unspecified atom stereocenters. The third-order valence-corrected chi connectivity index (χ3v) is 4.86. The number of nitrogens with one attached hydrogen (secondary N) is 1. The molecule has 1 atom stereocenters. The lowest BCUT2D eigenvalue weighted by Gasteiger charge is -2.34. The molecule has 134 valence electrons. The smallest absolute Gasteiger partial charge is 0.410 e. The van der Waals surface area contributed by atoms with Crippen LogP contribution in [-0.2, 0) is 4.74 Å². The Balaban J connectivity index is 1.51. The number of hydrogen-bond donors (Lipinski definition) is 1. The second-order valence-corrected chi connectivity index (χ2v) is 8.13. The van der Waals surface area contributed by atoms with E-state index >= 15 is 0 Å². The summed E-state index contributed by atoms with van der Waals surface area (Å²) in [6, 6.07) is 2.90. The van der Waals surface area contributed by atoms with Gasteiger partial charge in [-0.25, -0.2) is 9.48 Å². The molecule has 1 aliphatic carbocycles. The molecule has 24 heavy (non-hydrogen) atoms. The van der Waals surface area contributed by atoms with Crippen molar-refractivity contribution in [3.63, 3.8) is 0 Å². The summed E-state index contributed by atoms with van der Waals surface area (Å²) in [6.07, 6.45) is 6.17. The first-order valence-corrected chi connectivity index (χ1v) is 9.11. The van der Waals surface area contributed by atoms with Crippen molar-refractivity contribution in [2.24, 2.45) is 5.92 Å². The number of anilines is 1. The molecule has 1 aromatic rings. The monoisotopic (exact) mass is 334 g/mol. The number of amides is 1. The van der Waals surface area contributed by atoms with Crippen LogP contribution in [0.2, 0.25) is 0 Å². The summed E-state index contributed by atoms with van der Waals surface area (Å²) >= 11 is 0. The summed E-state index contributed by atoms with van der Waals surface area (Å²) in [7, 11) is 0. The van der Waals surface area contributed by atoms with Gasteiger partial charge in [-0.15, -0.1) is 0 Å². The molecule has 0 bridgehead atoms. The number of rotatable bonds is 4. The van der Waals surface area contributed by atoms with Crippen LogP contribution in [0.3, 0.4) is 0 Å². The Morgan fingerprint density at radius 1 is 1.29 bits per heavy atom. The Morgan fingerprint density at radius 2 is 1.96 bits per heavy atom. The molecule has 1 N–H and O–H groups in total. The average molecular weight is 334 g/mol. The predicted octanol–water partition coefficient (Wildman–Crippen LogP) is 3.67. The van der Waals surface area contributed by atoms with Crippen LogP contribution in [0, 0.1) is 5.92 Å². The minimum Gasteiger partial charge on any atom is -0.444 e. The predicted molar refractivity (Wildman–Crippen MR) is 94.1 cm³/mol. The molecule has 3 rings (SSSR count). The number of ether oxygens (including phenoxy) is 1. The molecule has 2 heterocycles. The third-order valence-electron chi connectivity index (χ3n) is 4.86. The third kappa shape index (κ3) is 4.22. The molecule has 1 saturated carbocycles. The number of carbonyl (C=O) groups is 1. The van der Waals surface area contributed by atoms with Crippen molar-refractivity contribution in [1.82, 2.24) is 14.7 Å². The van der Waals surface area contributed by atoms with Gasteiger partial charge in [0.05, 0.1) is 12.2 Å². The lowest BCUT2D eigenvalue weighted by atomic mass is 10.1. The van der Waals surface area contributed by atoms with Crippen molar-refractivity contribution in [2.45, 2.75) is 71.1 Å². The highest BCUT2D eigenvalue weighted by Gasteiger charge is 2.31. The summed E-state index contributed by atoms with van der Waals surface area (Å²) in [5.41, 5.74) is -0.433. The minimum absolute atomic E-state index is 0.201. The first-order valence-electron chi connectivity index (χ1n) is 9.11. The molecule has 1 saturated heterocycles. The zero-order valence-corrected chi connectivity index (χ0v) is 15.3. The van der Waals surface area contributed by atoms with Gasteiger partial charge in [0, 0.05) is 25.2 Å². The molecule has 1 aromatic heterocycles. The van der Waals surface area contributed by atoms with E-state index in [0.717, 1.165) is 37.7 Å². The van der Waals surface area contributed by atoms with E-state index in [2.05, 4.69) is 28.1 Å². The summed E-state index contributed by atoms with van der Waals surface area (Å²) in [4.78, 5) is 13.9. The van der Waals surface area contributed by atoms with Gasteiger partial charge in [0.1, 0.15) is 11.4 Å². The van der Waals surface area contributed by atoms with Crippen molar-refractivity contribution in [1.29, 1.82) is 0 Å². The molecule has 0 radical (unpaired) electrons. The van der Waals surface area contributed by atoms with Gasteiger partial charge in [0.2, 0.25) is 0 Å². The molecule has 0 spiro atoms. The Hall–Kier alpha value is -1.72. The number of carbonyl (C=O) groups excluding carboxylic acids is 1. The van der Waals surface area contributed by atoms with E-state index in [1.165, 1.54) is 12.8 Å². The number of nitrogens with zero attached hydrogens (tertiary/aromatic N) is 3. The van der Waals surface area contributed by atoms with E-state index in [1.54, 1.807) is 0 Å². The van der Waals surface area contributed by atoms with Crippen LogP contribution in [0.15, 0.2) is 12.3 Å². The fourth-order valence-electron chi connectivity index (χ4n) is 3.27. The van der Waals surface area contributed by atoms with Crippen molar-refractivity contribution < 1.29 is 9.53 Å². The van der Waals surface area contributed by atoms with E-state index in [9.17, 15) is 4.79 Å². The maximum atomic E-state index is 12.1. The largest absolute Gasteiger partial charge is 0.444 e. The van der Waals surface area contributed by atoms with Crippen molar-refractivity contribution in [3.05, 3.63) is 12.3 Å². The molecule has 0 aromatic carbocycles. The molecule has 6 heteroatoms. The topological polar surface area (TPSA) is 59.4 Å². The average Bonchev–Trinajstić information content (AvgIpc) is 3.26. The van der Waals surface area contributed by atoms with Crippen molar-refractivity contribution in [2.75, 3.05) is 18.4 Å². The number of aromatic nitrogens is 2. The summed E-state index contributed by atoms with van der Waals surface area (Å²) in [5, 5.41) is 8.12. The minimum atomic E-state index is -0.433. The van der Waals surface area contributed by atoms with Crippen molar-refractivity contribution in [3.8, 4) is 0 Å². The number of piperidine rings is 1. The van der Waals surface area contributed by atoms with Crippen LogP contribution in [0.25, 0.3) is 0 Å². The lowest BCUT2D eigenvalue weighted by Crippen LogP contribution is -2.44. The van der Waals surface area contributed by atoms with Crippen molar-refractivity contribution >= 4 is 11.9 Å². The highest BCUT2D eigenvalue weighted by atomic mass is 16.6. The fraction of sp³-hybridized carbons (Fsp3) is 0.778. The van der Waals surface area contributed by atoms with E-state index in [-0.39, 0.29) is 6.09 Å². The van der Waals surface area contributed by atoms with Gasteiger partial charge >= 0.3 is 6.09 Å². The zero-order chi connectivity index (χ0) is 17.3. The van der Waals surface area contributed by atoms with Gasteiger partial charge in [-0.1, -0.05) is 0 Å². The summed E-state index contributed by atoms with van der Waals surface area (Å²) in [6.45, 7) is 9.43. The molecule has 6 nitrogen and oxygen atoms in total. The summed E-state index contributed by atoms with van der Waals surface area (Å²) in [5.74, 6) is 1.88. The molecule has 1 amide bonds. The number of hydrogen-bond acceptors (Lipinski definition) is 4. The van der Waals surface area contributed by atoms with E-state index < -0.39 is 5.60 Å². The summed E-state index contributed by atoms with van der Waals surface area (Å²) < 4.78 is 7.58. The fourth-order valence-corrected chi connectivity index (χ4v) is 3.27. The van der Waals surface area contributed by atoms with Gasteiger partial charge in [-0.2, -0.15) is 5.10 Å². The highest BCUT2D eigenvalue weighted by molar-refractivity contribution is 5.68. The Morgan fingerprint density at radius 3 is 2.54 bits per heavy atom. The van der Waals surface area contributed by atoms with Crippen LogP contribution in [0.5, 0.6) is 0 Å². The van der Waals surface area contributed by atoms with E-state index in [1.807, 2.05) is 31.9 Å². The second-order valence-electron chi connectivity index (χ2n) is 8.13. The highest BCUT2D eigenvalue weighted by Crippen LogP contribution is 2.40. The molecule has 2 fully saturated rings. The van der Waals surface area contributed by atoms with E-state index in [0.29, 0.717) is 12.1 Å². The SMILES string of the molecule is CC(C1CC1)n1nccc1NC1CCN(C(=O)OC(C)(C)C)CC1. The normalized spacial score (nSPS) is 20.8. The first-order chi connectivity index (χ1) is 11.3. The van der Waals surface area contributed by atoms with Crippen LogP contribution in [0.1, 0.15) is 59.4 Å². The first kappa shape index (κ1) is 17.1. The molecular formula is C18H30N4O2. The Kier molecular flexibility index (Phi) is 4.74. The lowest BCUT2D eigenvalue weighted by molar-refractivity contribution is 0.0210. The van der Waals surface area contributed by atoms with E-state index in [4.69, 9.17) is 4.74 Å². The van der Waals surface area contributed by atoms with Gasteiger partial charge in [0.25, 0.3) is 0 Å². The number of likely N-dealkylation sites (tertiary alicyclic amines) is 1. The quantitative estimate of drug-likeness (QED) is 0.913. The van der Waals surface area contributed by atoms with Crippen LogP contribution >= 0.6 is 0 Å². The molecular weight excluding hydrogens is 304 g/mol. The maximum Gasteiger partial charge on any atom is 0.410 e. The zero-order valence-electron chi connectivity index (χ0n) is 15.3. The van der Waals surface area contributed by atoms with Crippen LogP contribution in [0.4, 0.5) is 10.6 Å². The van der Waals surface area contributed by atoms with Gasteiger partial charge in [-0.3, -0.25) is 0 Å². The maximum absolute atomic E-state index is 12.1. The second kappa shape index (κ2) is 6.65. The Bertz CT molecular complexity index is 566. The van der Waals surface area contributed by atoms with Crippen LogP contribution < -0.4 is 5.32 Å². The van der Waals surface area contributed by atoms with Gasteiger partial charge < -0.3 is 15.0 Å². The molecule has 1 aliphatic heterocycles. The van der Waals surface area contributed by atoms with Gasteiger partial charge in [-0.05, 0) is 59.3 Å². The van der Waals surface area contributed by atoms with Gasteiger partial charge in [0.15, 0.2) is 0 Å². The Labute approximate surface area is 144 Å². The molecule has 2 aliphatic rings. The standard InChI is InChI=1S/C18H30N4O2/c1-13(14-5-6-14)22-16(7-10-19-22)20-15-8-11-21(12-9-15)17(23)24-18(2,3)4/h7,10,13-15,20H,5-6,8-9,11-12H2,1-4H3.